The maximum atomic E-state index is 11.6. The van der Waals surface area contributed by atoms with Crippen molar-refractivity contribution in [2.45, 2.75) is 6.92 Å². The van der Waals surface area contributed by atoms with Crippen molar-refractivity contribution in [1.82, 2.24) is 15.8 Å². The van der Waals surface area contributed by atoms with Crippen molar-refractivity contribution >= 4 is 50.3 Å². The molecule has 1 aromatic heterocycles. The average Bonchev–Trinajstić information content (AvgIpc) is 2.85. The predicted octanol–water partition coefficient (Wildman–Crippen LogP) is -0.824. The maximum Gasteiger partial charge on any atom is 0.328 e. The summed E-state index contributed by atoms with van der Waals surface area (Å²) in [4.78, 5) is 48.5. The van der Waals surface area contributed by atoms with Crippen LogP contribution < -0.4 is 21.9 Å². The molecule has 0 unspecified atom stereocenters. The predicted molar refractivity (Wildman–Crippen MR) is 78.5 cm³/mol. The first-order chi connectivity index (χ1) is 10.4. The van der Waals surface area contributed by atoms with Gasteiger partial charge < -0.3 is 5.73 Å². The van der Waals surface area contributed by atoms with E-state index >= 15 is 0 Å². The number of hydrogen-bond acceptors (Lipinski definition) is 6. The number of nitrogens with one attached hydrogen (secondary N) is 3. The number of carbonyl (C=O) groups is 4. The molecule has 9 nitrogen and oxygen atoms in total. The van der Waals surface area contributed by atoms with Gasteiger partial charge in [-0.25, -0.2) is 4.98 Å². The van der Waals surface area contributed by atoms with Crippen LogP contribution in [0.2, 0.25) is 0 Å². The second-order valence-corrected chi connectivity index (χ2v) is 5.25. The lowest BCUT2D eigenvalue weighted by Crippen LogP contribution is -2.50. The zero-order valence-corrected chi connectivity index (χ0v) is 12.1. The number of amides is 4. The number of thiazole rings is 1. The fraction of sp³-hybridized carbons (Fsp3) is 0.0833. The second kappa shape index (κ2) is 6.18. The van der Waals surface area contributed by atoms with E-state index in [0.717, 1.165) is 10.3 Å². The largest absolute Gasteiger partial charge is 0.361 e. The molecule has 0 radical (unpaired) electrons. The molecule has 0 aliphatic rings. The van der Waals surface area contributed by atoms with Crippen LogP contribution >= 0.6 is 11.3 Å². The molecular formula is C12H11N5O4S. The Kier molecular flexibility index (Phi) is 4.32. The van der Waals surface area contributed by atoms with Crippen LogP contribution in [0, 0.1) is 6.92 Å². The number of primary amides is 1. The van der Waals surface area contributed by atoms with Crippen LogP contribution in [-0.2, 0) is 19.2 Å². The molecule has 1 heterocycles. The summed E-state index contributed by atoms with van der Waals surface area (Å²) in [7, 11) is 0. The third-order valence-corrected chi connectivity index (χ3v) is 3.42. The van der Waals surface area contributed by atoms with Gasteiger partial charge in [0.1, 0.15) is 0 Å². The Hall–Kier alpha value is -3.01. The van der Waals surface area contributed by atoms with Gasteiger partial charge in [-0.1, -0.05) is 17.4 Å². The smallest absolute Gasteiger partial charge is 0.328 e. The number of aromatic nitrogens is 1. The Morgan fingerprint density at radius 2 is 1.77 bits per heavy atom. The summed E-state index contributed by atoms with van der Waals surface area (Å²) in [6.45, 7) is 1.92. The van der Waals surface area contributed by atoms with Gasteiger partial charge in [0.25, 0.3) is 0 Å². The highest BCUT2D eigenvalue weighted by Crippen LogP contribution is 2.26. The Bertz CT molecular complexity index is 785. The SMILES string of the molecule is Cc1ccc2nc(NC(=O)C(=O)NNC(=O)C(N)=O)sc2c1. The molecule has 22 heavy (non-hydrogen) atoms. The molecule has 0 bridgehead atoms. The monoisotopic (exact) mass is 321 g/mol. The van der Waals surface area contributed by atoms with Crippen LogP contribution in [0.15, 0.2) is 18.2 Å². The van der Waals surface area contributed by atoms with Gasteiger partial charge in [-0.15, -0.1) is 0 Å². The first-order valence-corrected chi connectivity index (χ1v) is 6.77. The van der Waals surface area contributed by atoms with Crippen LogP contribution in [0.1, 0.15) is 5.56 Å². The lowest BCUT2D eigenvalue weighted by atomic mass is 10.2. The Balaban J connectivity index is 1.99. The first-order valence-electron chi connectivity index (χ1n) is 5.95. The lowest BCUT2D eigenvalue weighted by molar-refractivity contribution is -0.141. The number of aryl methyl sites for hydroxylation is 1. The molecule has 0 aliphatic heterocycles. The van der Waals surface area contributed by atoms with Crippen LogP contribution in [0.25, 0.3) is 10.2 Å². The van der Waals surface area contributed by atoms with Crippen molar-refractivity contribution in [3.63, 3.8) is 0 Å². The molecule has 2 rings (SSSR count). The van der Waals surface area contributed by atoms with E-state index in [1.54, 1.807) is 16.9 Å². The van der Waals surface area contributed by atoms with Gasteiger partial charge in [-0.2, -0.15) is 0 Å². The summed E-state index contributed by atoms with van der Waals surface area (Å²) in [5.74, 6) is -4.73. The third-order valence-electron chi connectivity index (χ3n) is 2.48. The van der Waals surface area contributed by atoms with Gasteiger partial charge in [0.2, 0.25) is 0 Å². The third kappa shape index (κ3) is 3.55. The zero-order valence-electron chi connectivity index (χ0n) is 11.3. The number of benzene rings is 1. The summed E-state index contributed by atoms with van der Waals surface area (Å²) in [6.07, 6.45) is 0. The van der Waals surface area contributed by atoms with Gasteiger partial charge in [0.05, 0.1) is 10.2 Å². The number of anilines is 1. The number of hydrazine groups is 1. The summed E-state index contributed by atoms with van der Waals surface area (Å²) in [5.41, 5.74) is 9.84. The van der Waals surface area contributed by atoms with E-state index in [4.69, 9.17) is 0 Å². The minimum absolute atomic E-state index is 0.238. The average molecular weight is 321 g/mol. The number of rotatable bonds is 1. The topological polar surface area (TPSA) is 143 Å². The summed E-state index contributed by atoms with van der Waals surface area (Å²) in [6, 6.07) is 5.57. The normalized spacial score (nSPS) is 10.0. The quantitative estimate of drug-likeness (QED) is 0.400. The molecule has 2 aromatic rings. The van der Waals surface area contributed by atoms with Gasteiger partial charge >= 0.3 is 23.6 Å². The van der Waals surface area contributed by atoms with E-state index in [2.05, 4.69) is 16.0 Å². The standard InChI is InChI=1S/C12H11N5O4S/c1-5-2-3-6-7(4-5)22-12(14-6)15-10(20)11(21)17-16-9(19)8(13)18/h2-4H,1H3,(H2,13,18)(H,16,19)(H,17,21)(H,14,15,20). The molecule has 0 saturated heterocycles. The molecule has 114 valence electrons. The van der Waals surface area contributed by atoms with Crippen molar-refractivity contribution in [2.75, 3.05) is 5.32 Å². The van der Waals surface area contributed by atoms with Gasteiger partial charge in [0.15, 0.2) is 5.13 Å². The minimum Gasteiger partial charge on any atom is -0.361 e. The van der Waals surface area contributed by atoms with Crippen molar-refractivity contribution in [3.8, 4) is 0 Å². The van der Waals surface area contributed by atoms with Crippen LogP contribution in [0.3, 0.4) is 0 Å². The highest BCUT2D eigenvalue weighted by Gasteiger charge is 2.17. The van der Waals surface area contributed by atoms with Crippen LogP contribution in [0.4, 0.5) is 5.13 Å². The molecule has 0 spiro atoms. The highest BCUT2D eigenvalue weighted by atomic mass is 32.1. The van der Waals surface area contributed by atoms with Gasteiger partial charge in [-0.3, -0.25) is 35.3 Å². The van der Waals surface area contributed by atoms with E-state index < -0.39 is 23.6 Å². The maximum absolute atomic E-state index is 11.6. The fourth-order valence-corrected chi connectivity index (χ4v) is 2.43. The summed E-state index contributed by atoms with van der Waals surface area (Å²) < 4.78 is 0.859. The van der Waals surface area contributed by atoms with E-state index in [-0.39, 0.29) is 5.13 Å². The molecule has 4 amide bonds. The van der Waals surface area contributed by atoms with E-state index in [0.29, 0.717) is 5.52 Å². The van der Waals surface area contributed by atoms with E-state index in [9.17, 15) is 19.2 Å². The number of fused-ring (bicyclic) bond motifs is 1. The second-order valence-electron chi connectivity index (χ2n) is 4.22. The molecule has 10 heteroatoms. The molecule has 0 aliphatic carbocycles. The van der Waals surface area contributed by atoms with E-state index in [1.165, 1.54) is 11.3 Å². The van der Waals surface area contributed by atoms with Crippen LogP contribution in [0.5, 0.6) is 0 Å². The van der Waals surface area contributed by atoms with Crippen LogP contribution in [-0.4, -0.2) is 28.6 Å². The summed E-state index contributed by atoms with van der Waals surface area (Å²) in [5, 5.41) is 2.53. The van der Waals surface area contributed by atoms with Crippen molar-refractivity contribution in [3.05, 3.63) is 23.8 Å². The molecular weight excluding hydrogens is 310 g/mol. The number of nitrogens with zero attached hydrogens (tertiary/aromatic N) is 1. The van der Waals surface area contributed by atoms with Gasteiger partial charge in [0, 0.05) is 0 Å². The number of nitrogens with two attached hydrogens (primary N) is 1. The molecule has 0 atom stereocenters. The Labute approximate surface area is 127 Å². The van der Waals surface area contributed by atoms with Crippen molar-refractivity contribution in [1.29, 1.82) is 0 Å². The number of hydrogen-bond donors (Lipinski definition) is 4. The molecule has 0 fully saturated rings. The lowest BCUT2D eigenvalue weighted by Gasteiger charge is -2.04. The first kappa shape index (κ1) is 15.4. The summed E-state index contributed by atoms with van der Waals surface area (Å²) >= 11 is 1.20. The van der Waals surface area contributed by atoms with Crippen molar-refractivity contribution < 1.29 is 19.2 Å². The molecule has 1 aromatic carbocycles. The fourth-order valence-electron chi connectivity index (χ4n) is 1.47. The Morgan fingerprint density at radius 3 is 2.45 bits per heavy atom. The number of carbonyl (C=O) groups excluding carboxylic acids is 4. The van der Waals surface area contributed by atoms with E-state index in [1.807, 2.05) is 19.1 Å². The molecule has 0 saturated carbocycles. The minimum atomic E-state index is -1.29. The van der Waals surface area contributed by atoms with Crippen molar-refractivity contribution in [2.24, 2.45) is 5.73 Å². The zero-order chi connectivity index (χ0) is 16.3. The molecule has 5 N–H and O–H groups in total. The highest BCUT2D eigenvalue weighted by molar-refractivity contribution is 7.22. The van der Waals surface area contributed by atoms with Gasteiger partial charge in [-0.05, 0) is 24.6 Å². The Morgan fingerprint density at radius 1 is 1.09 bits per heavy atom.